The van der Waals surface area contributed by atoms with Crippen LogP contribution >= 0.6 is 0 Å². The molecular weight excluding hydrogens is 316 g/mol. The fourth-order valence-electron chi connectivity index (χ4n) is 3.11. The molecule has 2 atom stereocenters. The summed E-state index contributed by atoms with van der Waals surface area (Å²) in [5.74, 6) is 0.697. The maximum atomic E-state index is 12.6. The first-order chi connectivity index (χ1) is 12.3. The van der Waals surface area contributed by atoms with Crippen LogP contribution in [-0.4, -0.2) is 36.3 Å². The summed E-state index contributed by atoms with van der Waals surface area (Å²) in [6.45, 7) is 1.09. The number of carbonyl (C=O) groups is 1. The Bertz CT molecular complexity index is 860. The number of amides is 1. The fraction of sp³-hybridized carbons (Fsp3) is 0.250. The van der Waals surface area contributed by atoms with Crippen LogP contribution in [0.15, 0.2) is 60.8 Å². The normalized spacial score (nSPS) is 20.3. The molecule has 2 aromatic carbocycles. The summed E-state index contributed by atoms with van der Waals surface area (Å²) in [6.07, 6.45) is 2.51. The van der Waals surface area contributed by atoms with E-state index in [0.29, 0.717) is 18.8 Å². The van der Waals surface area contributed by atoms with Crippen molar-refractivity contribution < 1.29 is 14.3 Å². The second kappa shape index (κ2) is 6.99. The minimum absolute atomic E-state index is 0.101. The van der Waals surface area contributed by atoms with E-state index >= 15 is 0 Å². The fourth-order valence-corrected chi connectivity index (χ4v) is 3.11. The molecule has 25 heavy (non-hydrogen) atoms. The van der Waals surface area contributed by atoms with Crippen LogP contribution in [0.4, 0.5) is 0 Å². The van der Waals surface area contributed by atoms with E-state index in [-0.39, 0.29) is 18.1 Å². The molecule has 0 bridgehead atoms. The first-order valence-electron chi connectivity index (χ1n) is 8.47. The zero-order valence-corrected chi connectivity index (χ0v) is 13.8. The summed E-state index contributed by atoms with van der Waals surface area (Å²) in [5.41, 5.74) is 1.65. The Labute approximate surface area is 146 Å². The van der Waals surface area contributed by atoms with Gasteiger partial charge in [0.1, 0.15) is 11.9 Å². The van der Waals surface area contributed by atoms with Gasteiger partial charge in [-0.3, -0.25) is 4.79 Å². The molecule has 0 saturated carbocycles. The van der Waals surface area contributed by atoms with Crippen molar-refractivity contribution in [2.75, 3.05) is 13.2 Å². The van der Waals surface area contributed by atoms with Crippen molar-refractivity contribution in [1.82, 2.24) is 10.3 Å². The average molecular weight is 336 g/mol. The van der Waals surface area contributed by atoms with Crippen LogP contribution in [0.25, 0.3) is 10.9 Å². The van der Waals surface area contributed by atoms with Crippen molar-refractivity contribution in [2.45, 2.75) is 18.6 Å². The Balaban J connectivity index is 1.47. The van der Waals surface area contributed by atoms with Gasteiger partial charge in [0.05, 0.1) is 19.3 Å². The third-order valence-corrected chi connectivity index (χ3v) is 4.46. The van der Waals surface area contributed by atoms with Gasteiger partial charge in [-0.15, -0.1) is 0 Å². The minimum Gasteiger partial charge on any atom is -0.488 e. The minimum atomic E-state index is -0.177. The molecule has 1 saturated heterocycles. The van der Waals surface area contributed by atoms with Gasteiger partial charge in [-0.2, -0.15) is 0 Å². The number of carbonyl (C=O) groups excluding carboxylic acids is 1. The standard InChI is InChI=1S/C20H20N2O3/c23-20(15-6-7-17-14(12-15)8-10-21-17)22-18-13-24-11-9-19(18)25-16-4-2-1-3-5-16/h1-8,10,12,18-19,21H,9,11,13H2,(H,22,23)/t18-,19+/m1/s1. The van der Waals surface area contributed by atoms with Gasteiger partial charge in [0.2, 0.25) is 0 Å². The summed E-state index contributed by atoms with van der Waals surface area (Å²) < 4.78 is 11.6. The molecule has 1 amide bonds. The topological polar surface area (TPSA) is 63.4 Å². The molecule has 0 aliphatic carbocycles. The predicted molar refractivity (Wildman–Crippen MR) is 95.8 cm³/mol. The van der Waals surface area contributed by atoms with Crippen molar-refractivity contribution in [3.63, 3.8) is 0 Å². The molecule has 1 aliphatic heterocycles. The predicted octanol–water partition coefficient (Wildman–Crippen LogP) is 3.13. The van der Waals surface area contributed by atoms with Gasteiger partial charge in [0, 0.05) is 29.1 Å². The maximum Gasteiger partial charge on any atom is 0.251 e. The number of aromatic amines is 1. The summed E-state index contributed by atoms with van der Waals surface area (Å²) in [7, 11) is 0. The zero-order chi connectivity index (χ0) is 17.1. The number of benzene rings is 2. The molecule has 3 aromatic rings. The number of para-hydroxylation sites is 1. The molecule has 1 aliphatic rings. The molecule has 1 fully saturated rings. The lowest BCUT2D eigenvalue weighted by atomic mass is 10.1. The van der Waals surface area contributed by atoms with Crippen molar-refractivity contribution in [3.05, 3.63) is 66.4 Å². The molecule has 2 N–H and O–H groups in total. The first kappa shape index (κ1) is 15.7. The molecule has 0 radical (unpaired) electrons. The van der Waals surface area contributed by atoms with Gasteiger partial charge in [-0.05, 0) is 36.4 Å². The van der Waals surface area contributed by atoms with Crippen molar-refractivity contribution in [1.29, 1.82) is 0 Å². The number of rotatable bonds is 4. The van der Waals surface area contributed by atoms with Gasteiger partial charge in [0.15, 0.2) is 0 Å². The Morgan fingerprint density at radius 3 is 2.92 bits per heavy atom. The average Bonchev–Trinajstić information content (AvgIpc) is 3.12. The Hall–Kier alpha value is -2.79. The zero-order valence-electron chi connectivity index (χ0n) is 13.8. The van der Waals surface area contributed by atoms with Crippen molar-refractivity contribution in [2.24, 2.45) is 0 Å². The molecule has 128 valence electrons. The van der Waals surface area contributed by atoms with Crippen LogP contribution in [0.2, 0.25) is 0 Å². The number of H-pyrrole nitrogens is 1. The third-order valence-electron chi connectivity index (χ3n) is 4.46. The Kier molecular flexibility index (Phi) is 4.39. The van der Waals surface area contributed by atoms with Gasteiger partial charge in [-0.1, -0.05) is 18.2 Å². The second-order valence-electron chi connectivity index (χ2n) is 6.19. The second-order valence-corrected chi connectivity index (χ2v) is 6.19. The molecule has 0 unspecified atom stereocenters. The molecule has 1 aromatic heterocycles. The molecule has 5 nitrogen and oxygen atoms in total. The van der Waals surface area contributed by atoms with Crippen LogP contribution in [0.3, 0.4) is 0 Å². The number of nitrogens with one attached hydrogen (secondary N) is 2. The lowest BCUT2D eigenvalue weighted by molar-refractivity contribution is -0.00288. The SMILES string of the molecule is O=C(N[C@@H]1COCC[C@@H]1Oc1ccccc1)c1ccc2[nH]ccc2c1. The Morgan fingerprint density at radius 2 is 2.04 bits per heavy atom. The molecule has 2 heterocycles. The van der Waals surface area contributed by atoms with E-state index < -0.39 is 0 Å². The van der Waals surface area contributed by atoms with E-state index in [2.05, 4.69) is 10.3 Å². The summed E-state index contributed by atoms with van der Waals surface area (Å²) in [4.78, 5) is 15.8. The number of ether oxygens (including phenoxy) is 2. The van der Waals surface area contributed by atoms with Crippen LogP contribution in [0.1, 0.15) is 16.8 Å². The van der Waals surface area contributed by atoms with Gasteiger partial charge < -0.3 is 19.8 Å². The summed E-state index contributed by atoms with van der Waals surface area (Å²) in [5, 5.41) is 4.08. The monoisotopic (exact) mass is 336 g/mol. The van der Waals surface area contributed by atoms with Crippen LogP contribution in [0, 0.1) is 0 Å². The van der Waals surface area contributed by atoms with Crippen LogP contribution in [-0.2, 0) is 4.74 Å². The summed E-state index contributed by atoms with van der Waals surface area (Å²) >= 11 is 0. The number of fused-ring (bicyclic) bond motifs is 1. The molecule has 0 spiro atoms. The van der Waals surface area contributed by atoms with Gasteiger partial charge in [0.25, 0.3) is 5.91 Å². The number of hydrogen-bond donors (Lipinski definition) is 2. The third kappa shape index (κ3) is 3.51. The lowest BCUT2D eigenvalue weighted by Gasteiger charge is -2.32. The highest BCUT2D eigenvalue weighted by molar-refractivity contribution is 5.98. The van der Waals surface area contributed by atoms with E-state index in [9.17, 15) is 4.79 Å². The number of aromatic nitrogens is 1. The molecule has 4 rings (SSSR count). The van der Waals surface area contributed by atoms with Gasteiger partial charge >= 0.3 is 0 Å². The summed E-state index contributed by atoms with van der Waals surface area (Å²) in [6, 6.07) is 17.1. The van der Waals surface area contributed by atoms with Gasteiger partial charge in [-0.25, -0.2) is 0 Å². The maximum absolute atomic E-state index is 12.6. The van der Waals surface area contributed by atoms with E-state index in [1.54, 1.807) is 0 Å². The Morgan fingerprint density at radius 1 is 1.16 bits per heavy atom. The van der Waals surface area contributed by atoms with E-state index in [0.717, 1.165) is 23.1 Å². The van der Waals surface area contributed by atoms with E-state index in [4.69, 9.17) is 9.47 Å². The van der Waals surface area contributed by atoms with E-state index in [1.165, 1.54) is 0 Å². The highest BCUT2D eigenvalue weighted by Crippen LogP contribution is 2.19. The quantitative estimate of drug-likeness (QED) is 0.769. The van der Waals surface area contributed by atoms with Crippen molar-refractivity contribution in [3.8, 4) is 5.75 Å². The highest BCUT2D eigenvalue weighted by Gasteiger charge is 2.29. The molecule has 5 heteroatoms. The lowest BCUT2D eigenvalue weighted by Crippen LogP contribution is -2.51. The first-order valence-corrected chi connectivity index (χ1v) is 8.47. The van der Waals surface area contributed by atoms with Crippen LogP contribution < -0.4 is 10.1 Å². The smallest absolute Gasteiger partial charge is 0.251 e. The van der Waals surface area contributed by atoms with Crippen LogP contribution in [0.5, 0.6) is 5.75 Å². The highest BCUT2D eigenvalue weighted by atomic mass is 16.5. The van der Waals surface area contributed by atoms with E-state index in [1.807, 2.05) is 60.8 Å². The largest absolute Gasteiger partial charge is 0.488 e. The molecular formula is C20H20N2O3. The number of hydrogen-bond acceptors (Lipinski definition) is 3. The van der Waals surface area contributed by atoms with Crippen molar-refractivity contribution >= 4 is 16.8 Å².